The van der Waals surface area contributed by atoms with Crippen molar-refractivity contribution in [3.63, 3.8) is 0 Å². The molecule has 0 aliphatic carbocycles. The number of aromatic nitrogens is 3. The molecule has 0 unspecified atom stereocenters. The minimum Gasteiger partial charge on any atom is -0.469 e. The molecule has 7 nitrogen and oxygen atoms in total. The summed E-state index contributed by atoms with van der Waals surface area (Å²) in [7, 11) is 0. The molecule has 4 rings (SSSR count). The van der Waals surface area contributed by atoms with Crippen LogP contribution in [0.15, 0.2) is 45.7 Å². The normalized spacial score (nSPS) is 15.3. The van der Waals surface area contributed by atoms with Gasteiger partial charge in [0.1, 0.15) is 11.5 Å². The summed E-state index contributed by atoms with van der Waals surface area (Å²) in [5, 5.41) is 4.03. The second kappa shape index (κ2) is 7.11. The van der Waals surface area contributed by atoms with Gasteiger partial charge in [0, 0.05) is 25.2 Å². The van der Waals surface area contributed by atoms with Crippen LogP contribution in [0.5, 0.6) is 0 Å². The standard InChI is InChI=1S/C19H20N4O3/c1-13-7-11-25-16(13)12-17(24)23-9-5-14(6-10-23)19-21-18(22-26-19)15-4-2-3-8-20-15/h2-4,7-8,11,14H,5-6,9-10,12H2,1H3. The first-order valence-corrected chi connectivity index (χ1v) is 8.76. The minimum absolute atomic E-state index is 0.0983. The van der Waals surface area contributed by atoms with Gasteiger partial charge in [-0.25, -0.2) is 0 Å². The van der Waals surface area contributed by atoms with E-state index in [0.29, 0.717) is 36.9 Å². The number of furan rings is 1. The first-order valence-electron chi connectivity index (χ1n) is 8.76. The highest BCUT2D eigenvalue weighted by atomic mass is 16.5. The monoisotopic (exact) mass is 352 g/mol. The summed E-state index contributed by atoms with van der Waals surface area (Å²) in [4.78, 5) is 23.1. The van der Waals surface area contributed by atoms with Crippen molar-refractivity contribution in [3.8, 4) is 11.5 Å². The van der Waals surface area contributed by atoms with Gasteiger partial charge < -0.3 is 13.8 Å². The molecule has 1 fully saturated rings. The lowest BCUT2D eigenvalue weighted by molar-refractivity contribution is -0.131. The third-order valence-electron chi connectivity index (χ3n) is 4.81. The van der Waals surface area contributed by atoms with Gasteiger partial charge in [-0.3, -0.25) is 9.78 Å². The maximum absolute atomic E-state index is 12.5. The third-order valence-corrected chi connectivity index (χ3v) is 4.81. The fourth-order valence-electron chi connectivity index (χ4n) is 3.21. The largest absolute Gasteiger partial charge is 0.469 e. The smallest absolute Gasteiger partial charge is 0.230 e. The molecule has 0 spiro atoms. The van der Waals surface area contributed by atoms with Crippen LogP contribution in [0.4, 0.5) is 0 Å². The summed E-state index contributed by atoms with van der Waals surface area (Å²) < 4.78 is 10.8. The van der Waals surface area contributed by atoms with Crippen molar-refractivity contribution in [2.24, 2.45) is 0 Å². The number of carbonyl (C=O) groups is 1. The van der Waals surface area contributed by atoms with Crippen molar-refractivity contribution in [2.75, 3.05) is 13.1 Å². The first kappa shape index (κ1) is 16.5. The van der Waals surface area contributed by atoms with Crippen molar-refractivity contribution in [2.45, 2.75) is 32.1 Å². The predicted molar refractivity (Wildman–Crippen MR) is 93.2 cm³/mol. The molecule has 3 aromatic heterocycles. The van der Waals surface area contributed by atoms with E-state index in [1.807, 2.05) is 36.1 Å². The average Bonchev–Trinajstić information content (AvgIpc) is 3.32. The molecule has 3 aromatic rings. The SMILES string of the molecule is Cc1ccoc1CC(=O)N1CCC(c2nc(-c3ccccn3)no2)CC1. The van der Waals surface area contributed by atoms with Gasteiger partial charge in [0.05, 0.1) is 12.7 Å². The van der Waals surface area contributed by atoms with Gasteiger partial charge in [-0.1, -0.05) is 11.2 Å². The quantitative estimate of drug-likeness (QED) is 0.717. The molecule has 0 atom stereocenters. The van der Waals surface area contributed by atoms with Gasteiger partial charge in [-0.15, -0.1) is 0 Å². The van der Waals surface area contributed by atoms with Crippen LogP contribution in [0.3, 0.4) is 0 Å². The van der Waals surface area contributed by atoms with Crippen LogP contribution in [0.25, 0.3) is 11.5 Å². The molecular weight excluding hydrogens is 332 g/mol. The highest BCUT2D eigenvalue weighted by molar-refractivity contribution is 5.78. The number of rotatable bonds is 4. The number of aryl methyl sites for hydroxylation is 1. The molecule has 0 N–H and O–H groups in total. The van der Waals surface area contributed by atoms with E-state index in [1.54, 1.807) is 12.5 Å². The highest BCUT2D eigenvalue weighted by Gasteiger charge is 2.28. The van der Waals surface area contributed by atoms with Crippen molar-refractivity contribution in [1.82, 2.24) is 20.0 Å². The average molecular weight is 352 g/mol. The lowest BCUT2D eigenvalue weighted by Crippen LogP contribution is -2.38. The van der Waals surface area contributed by atoms with Crippen molar-refractivity contribution < 1.29 is 13.7 Å². The fourth-order valence-corrected chi connectivity index (χ4v) is 3.21. The lowest BCUT2D eigenvalue weighted by atomic mass is 9.96. The van der Waals surface area contributed by atoms with E-state index in [0.717, 1.165) is 24.2 Å². The summed E-state index contributed by atoms with van der Waals surface area (Å²) in [5.41, 5.74) is 1.71. The zero-order valence-electron chi connectivity index (χ0n) is 14.6. The number of piperidine rings is 1. The number of nitrogens with zero attached hydrogens (tertiary/aromatic N) is 4. The Hall–Kier alpha value is -2.96. The Morgan fingerprint density at radius 1 is 1.27 bits per heavy atom. The Kier molecular flexibility index (Phi) is 4.51. The van der Waals surface area contributed by atoms with E-state index < -0.39 is 0 Å². The molecule has 26 heavy (non-hydrogen) atoms. The zero-order chi connectivity index (χ0) is 17.9. The number of carbonyl (C=O) groups excluding carboxylic acids is 1. The maximum atomic E-state index is 12.5. The van der Waals surface area contributed by atoms with Crippen LogP contribution in [-0.4, -0.2) is 39.0 Å². The van der Waals surface area contributed by atoms with Crippen LogP contribution in [0, 0.1) is 6.92 Å². The van der Waals surface area contributed by atoms with Crippen LogP contribution in [0.1, 0.15) is 36.0 Å². The second-order valence-corrected chi connectivity index (χ2v) is 6.53. The Labute approximate surface area is 151 Å². The van der Waals surface area contributed by atoms with E-state index in [-0.39, 0.29) is 11.8 Å². The summed E-state index contributed by atoms with van der Waals surface area (Å²) in [6.07, 6.45) is 5.27. The molecule has 1 saturated heterocycles. The fraction of sp³-hybridized carbons (Fsp3) is 0.368. The van der Waals surface area contributed by atoms with Gasteiger partial charge in [-0.05, 0) is 43.5 Å². The van der Waals surface area contributed by atoms with Gasteiger partial charge in [0.2, 0.25) is 17.6 Å². The van der Waals surface area contributed by atoms with Crippen molar-refractivity contribution in [1.29, 1.82) is 0 Å². The van der Waals surface area contributed by atoms with E-state index in [9.17, 15) is 4.79 Å². The Morgan fingerprint density at radius 3 is 2.81 bits per heavy atom. The van der Waals surface area contributed by atoms with Gasteiger partial charge in [0.25, 0.3) is 0 Å². The molecule has 7 heteroatoms. The van der Waals surface area contributed by atoms with Crippen LogP contribution < -0.4 is 0 Å². The second-order valence-electron chi connectivity index (χ2n) is 6.53. The summed E-state index contributed by atoms with van der Waals surface area (Å²) in [6.45, 7) is 3.32. The molecule has 134 valence electrons. The molecule has 1 aliphatic heterocycles. The predicted octanol–water partition coefficient (Wildman–Crippen LogP) is 2.98. The van der Waals surface area contributed by atoms with E-state index in [1.165, 1.54) is 0 Å². The number of pyridine rings is 1. The number of likely N-dealkylation sites (tertiary alicyclic amines) is 1. The summed E-state index contributed by atoms with van der Waals surface area (Å²) >= 11 is 0. The Morgan fingerprint density at radius 2 is 2.12 bits per heavy atom. The van der Waals surface area contributed by atoms with Crippen LogP contribution in [0.2, 0.25) is 0 Å². The van der Waals surface area contributed by atoms with E-state index >= 15 is 0 Å². The summed E-state index contributed by atoms with van der Waals surface area (Å²) in [6, 6.07) is 7.47. The Balaban J connectivity index is 1.36. The molecule has 0 aromatic carbocycles. The molecule has 0 saturated carbocycles. The van der Waals surface area contributed by atoms with Gasteiger partial charge in [0.15, 0.2) is 0 Å². The van der Waals surface area contributed by atoms with E-state index in [2.05, 4.69) is 15.1 Å². The van der Waals surface area contributed by atoms with Gasteiger partial charge in [-0.2, -0.15) is 4.98 Å². The lowest BCUT2D eigenvalue weighted by Gasteiger charge is -2.30. The number of hydrogen-bond donors (Lipinski definition) is 0. The molecular formula is C19H20N4O3. The van der Waals surface area contributed by atoms with Crippen LogP contribution in [-0.2, 0) is 11.2 Å². The van der Waals surface area contributed by atoms with Crippen LogP contribution >= 0.6 is 0 Å². The number of amides is 1. The van der Waals surface area contributed by atoms with Crippen molar-refractivity contribution in [3.05, 3.63) is 53.9 Å². The van der Waals surface area contributed by atoms with Gasteiger partial charge >= 0.3 is 0 Å². The van der Waals surface area contributed by atoms with E-state index in [4.69, 9.17) is 8.94 Å². The molecule has 1 aliphatic rings. The summed E-state index contributed by atoms with van der Waals surface area (Å²) in [5.74, 6) is 2.15. The number of hydrogen-bond acceptors (Lipinski definition) is 6. The zero-order valence-corrected chi connectivity index (χ0v) is 14.6. The highest BCUT2D eigenvalue weighted by Crippen LogP contribution is 2.28. The topological polar surface area (TPSA) is 85.3 Å². The molecule has 1 amide bonds. The third kappa shape index (κ3) is 3.37. The first-order chi connectivity index (χ1) is 12.7. The molecule has 0 bridgehead atoms. The molecule has 4 heterocycles. The minimum atomic E-state index is 0.0983. The molecule has 0 radical (unpaired) electrons. The maximum Gasteiger partial charge on any atom is 0.230 e. The Bertz CT molecular complexity index is 879. The van der Waals surface area contributed by atoms with Crippen molar-refractivity contribution >= 4 is 5.91 Å².